The highest BCUT2D eigenvalue weighted by Crippen LogP contribution is 2.30. The van der Waals surface area contributed by atoms with Gasteiger partial charge >= 0.3 is 0 Å². The summed E-state index contributed by atoms with van der Waals surface area (Å²) in [6, 6.07) is 13.9. The van der Waals surface area contributed by atoms with Gasteiger partial charge in [0.2, 0.25) is 0 Å². The zero-order valence-electron chi connectivity index (χ0n) is 14.4. The van der Waals surface area contributed by atoms with Gasteiger partial charge in [0.05, 0.1) is 5.69 Å². The number of aryl methyl sites for hydroxylation is 2. The fraction of sp³-hybridized carbons (Fsp3) is 0.263. The van der Waals surface area contributed by atoms with Gasteiger partial charge in [0.15, 0.2) is 10.3 Å². The Balaban J connectivity index is 1.85. The summed E-state index contributed by atoms with van der Waals surface area (Å²) in [5, 5.41) is 6.02. The van der Waals surface area contributed by atoms with Gasteiger partial charge in [0.1, 0.15) is 0 Å². The van der Waals surface area contributed by atoms with E-state index in [1.165, 1.54) is 0 Å². The van der Waals surface area contributed by atoms with E-state index in [9.17, 15) is 0 Å². The number of rotatable bonds is 2. The lowest BCUT2D eigenvalue weighted by atomic mass is 10.2. The monoisotopic (exact) mass is 389 g/mol. The molecule has 1 aliphatic rings. The zero-order chi connectivity index (χ0) is 18.0. The summed E-state index contributed by atoms with van der Waals surface area (Å²) < 4.78 is 0. The Morgan fingerprint density at radius 2 is 2.00 bits per heavy atom. The molecular weight excluding hydrogens is 370 g/mol. The SMILES string of the molecule is Cc1ccccc1N=C1SC(C)CN1C(=S)Nc1cc(Cl)ccc1C. The first-order chi connectivity index (χ1) is 11.9. The van der Waals surface area contributed by atoms with Crippen molar-refractivity contribution in [3.8, 4) is 0 Å². The van der Waals surface area contributed by atoms with Crippen molar-refractivity contribution in [2.45, 2.75) is 26.0 Å². The van der Waals surface area contributed by atoms with Crippen LogP contribution in [0, 0.1) is 13.8 Å². The van der Waals surface area contributed by atoms with E-state index in [1.807, 2.05) is 43.3 Å². The number of halogens is 1. The first-order valence-electron chi connectivity index (χ1n) is 8.09. The normalized spacial score (nSPS) is 18.6. The minimum absolute atomic E-state index is 0.433. The fourth-order valence-electron chi connectivity index (χ4n) is 2.58. The van der Waals surface area contributed by atoms with Crippen LogP contribution in [-0.4, -0.2) is 27.0 Å². The van der Waals surface area contributed by atoms with E-state index in [0.29, 0.717) is 15.4 Å². The number of anilines is 1. The van der Waals surface area contributed by atoms with E-state index in [-0.39, 0.29) is 0 Å². The van der Waals surface area contributed by atoms with Crippen LogP contribution in [0.15, 0.2) is 47.5 Å². The van der Waals surface area contributed by atoms with Crippen LogP contribution >= 0.6 is 35.6 Å². The number of nitrogens with one attached hydrogen (secondary N) is 1. The number of hydrogen-bond donors (Lipinski definition) is 1. The molecule has 0 amide bonds. The van der Waals surface area contributed by atoms with Crippen molar-refractivity contribution in [3.05, 3.63) is 58.6 Å². The molecule has 1 unspecified atom stereocenters. The molecule has 6 heteroatoms. The van der Waals surface area contributed by atoms with Gasteiger partial charge in [-0.15, -0.1) is 0 Å². The average Bonchev–Trinajstić information content (AvgIpc) is 2.94. The summed E-state index contributed by atoms with van der Waals surface area (Å²) in [5.74, 6) is 0. The van der Waals surface area contributed by atoms with Gasteiger partial charge in [-0.2, -0.15) is 0 Å². The third-order valence-corrected chi connectivity index (χ3v) is 5.63. The van der Waals surface area contributed by atoms with Crippen LogP contribution in [-0.2, 0) is 0 Å². The van der Waals surface area contributed by atoms with Crippen LogP contribution in [0.25, 0.3) is 0 Å². The first kappa shape index (κ1) is 18.2. The van der Waals surface area contributed by atoms with Gasteiger partial charge < -0.3 is 5.32 Å². The number of nitrogens with zero attached hydrogens (tertiary/aromatic N) is 2. The van der Waals surface area contributed by atoms with Crippen LogP contribution in [0.5, 0.6) is 0 Å². The number of para-hydroxylation sites is 1. The molecule has 0 bridgehead atoms. The molecule has 25 heavy (non-hydrogen) atoms. The third kappa shape index (κ3) is 4.35. The quantitative estimate of drug-likeness (QED) is 0.659. The second kappa shape index (κ2) is 7.77. The van der Waals surface area contributed by atoms with E-state index < -0.39 is 0 Å². The Hall–Kier alpha value is -1.56. The molecular formula is C19H20ClN3S2. The largest absolute Gasteiger partial charge is 0.332 e. The zero-order valence-corrected chi connectivity index (χ0v) is 16.8. The molecule has 0 spiro atoms. The smallest absolute Gasteiger partial charge is 0.179 e. The first-order valence-corrected chi connectivity index (χ1v) is 9.76. The Kier molecular flexibility index (Phi) is 5.67. The van der Waals surface area contributed by atoms with Crippen molar-refractivity contribution in [3.63, 3.8) is 0 Å². The molecule has 1 atom stereocenters. The van der Waals surface area contributed by atoms with Crippen molar-refractivity contribution in [1.82, 2.24) is 4.90 Å². The van der Waals surface area contributed by atoms with Gasteiger partial charge in [-0.1, -0.05) is 54.6 Å². The van der Waals surface area contributed by atoms with Crippen molar-refractivity contribution in [2.24, 2.45) is 4.99 Å². The predicted molar refractivity (Wildman–Crippen MR) is 114 cm³/mol. The van der Waals surface area contributed by atoms with E-state index >= 15 is 0 Å². The lowest BCUT2D eigenvalue weighted by Gasteiger charge is -2.21. The van der Waals surface area contributed by atoms with Crippen LogP contribution < -0.4 is 5.32 Å². The molecule has 130 valence electrons. The minimum atomic E-state index is 0.433. The summed E-state index contributed by atoms with van der Waals surface area (Å²) in [7, 11) is 0. The highest BCUT2D eigenvalue weighted by molar-refractivity contribution is 8.14. The molecule has 3 nitrogen and oxygen atoms in total. The van der Waals surface area contributed by atoms with E-state index in [4.69, 9.17) is 28.8 Å². The van der Waals surface area contributed by atoms with Crippen molar-refractivity contribution in [2.75, 3.05) is 11.9 Å². The van der Waals surface area contributed by atoms with Gasteiger partial charge in [-0.3, -0.25) is 4.90 Å². The summed E-state index contributed by atoms with van der Waals surface area (Å²) in [4.78, 5) is 6.91. The molecule has 0 aromatic heterocycles. The standard InChI is InChI=1S/C19H20ClN3S2/c1-12-6-4-5-7-16(12)22-19-23(11-14(3)25-19)18(24)21-17-10-15(20)9-8-13(17)2/h4-10,14H,11H2,1-3H3,(H,21,24). The molecule has 0 radical (unpaired) electrons. The maximum Gasteiger partial charge on any atom is 0.179 e. The number of aliphatic imine (C=N–C) groups is 1. The summed E-state index contributed by atoms with van der Waals surface area (Å²) in [5.41, 5.74) is 4.16. The molecule has 1 fully saturated rings. The topological polar surface area (TPSA) is 27.6 Å². The maximum atomic E-state index is 6.11. The number of benzene rings is 2. The predicted octanol–water partition coefficient (Wildman–Crippen LogP) is 5.78. The van der Waals surface area contributed by atoms with Crippen molar-refractivity contribution < 1.29 is 0 Å². The highest BCUT2D eigenvalue weighted by atomic mass is 35.5. The molecule has 1 N–H and O–H groups in total. The molecule has 3 rings (SSSR count). The Bertz CT molecular complexity index is 835. The van der Waals surface area contributed by atoms with Gasteiger partial charge in [-0.25, -0.2) is 4.99 Å². The van der Waals surface area contributed by atoms with Crippen LogP contribution in [0.2, 0.25) is 5.02 Å². The molecule has 1 saturated heterocycles. The van der Waals surface area contributed by atoms with Gasteiger partial charge in [0.25, 0.3) is 0 Å². The third-order valence-electron chi connectivity index (χ3n) is 4.00. The molecule has 1 heterocycles. The number of amidine groups is 1. The maximum absolute atomic E-state index is 6.11. The van der Waals surface area contributed by atoms with E-state index in [1.54, 1.807) is 11.8 Å². The number of hydrogen-bond acceptors (Lipinski definition) is 3. The Morgan fingerprint density at radius 3 is 2.76 bits per heavy atom. The molecule has 0 saturated carbocycles. The van der Waals surface area contributed by atoms with E-state index in [0.717, 1.165) is 34.2 Å². The summed E-state index contributed by atoms with van der Waals surface area (Å²) in [6.07, 6.45) is 0. The van der Waals surface area contributed by atoms with Crippen LogP contribution in [0.4, 0.5) is 11.4 Å². The number of thioether (sulfide) groups is 1. The van der Waals surface area contributed by atoms with Crippen LogP contribution in [0.1, 0.15) is 18.1 Å². The highest BCUT2D eigenvalue weighted by Gasteiger charge is 2.29. The second-order valence-electron chi connectivity index (χ2n) is 6.11. The van der Waals surface area contributed by atoms with Crippen LogP contribution in [0.3, 0.4) is 0 Å². The Morgan fingerprint density at radius 1 is 1.24 bits per heavy atom. The van der Waals surface area contributed by atoms with Crippen molar-refractivity contribution >= 4 is 57.2 Å². The summed E-state index contributed by atoms with van der Waals surface area (Å²) in [6.45, 7) is 7.12. The second-order valence-corrected chi connectivity index (χ2v) is 8.34. The lowest BCUT2D eigenvalue weighted by Crippen LogP contribution is -2.36. The minimum Gasteiger partial charge on any atom is -0.332 e. The summed E-state index contributed by atoms with van der Waals surface area (Å²) >= 11 is 13.5. The average molecular weight is 390 g/mol. The number of thiocarbonyl (C=S) groups is 1. The van der Waals surface area contributed by atoms with Gasteiger partial charge in [0, 0.05) is 22.5 Å². The molecule has 0 aliphatic carbocycles. The fourth-order valence-corrected chi connectivity index (χ4v) is 4.10. The Labute approximate surface area is 163 Å². The lowest BCUT2D eigenvalue weighted by molar-refractivity contribution is 0.641. The van der Waals surface area contributed by atoms with E-state index in [2.05, 4.69) is 30.1 Å². The molecule has 2 aromatic rings. The molecule has 2 aromatic carbocycles. The van der Waals surface area contributed by atoms with Crippen molar-refractivity contribution in [1.29, 1.82) is 0 Å². The molecule has 1 aliphatic heterocycles. The van der Waals surface area contributed by atoms with Gasteiger partial charge in [-0.05, 0) is 55.4 Å².